The van der Waals surface area contributed by atoms with E-state index in [4.69, 9.17) is 4.74 Å². The van der Waals surface area contributed by atoms with E-state index in [0.717, 1.165) is 37.2 Å². The Morgan fingerprint density at radius 3 is 2.36 bits per heavy atom. The summed E-state index contributed by atoms with van der Waals surface area (Å²) in [6.45, 7) is 7.35. The number of Topliss-reactive ketones (excluding diaryl/α,β-unsaturated/α-hetero) is 1. The van der Waals surface area contributed by atoms with Gasteiger partial charge in [0, 0.05) is 56.9 Å². The molecule has 1 aromatic heterocycles. The molecule has 28 heavy (non-hydrogen) atoms. The smallest absolute Gasteiger partial charge is 0.270 e. The van der Waals surface area contributed by atoms with Crippen LogP contribution >= 0.6 is 0 Å². The molecule has 1 aromatic rings. The number of aromatic amines is 1. The van der Waals surface area contributed by atoms with E-state index in [1.54, 1.807) is 4.90 Å². The second-order valence-corrected chi connectivity index (χ2v) is 7.82. The molecule has 8 nitrogen and oxygen atoms in total. The van der Waals surface area contributed by atoms with Crippen molar-refractivity contribution in [2.75, 3.05) is 59.0 Å². The van der Waals surface area contributed by atoms with Gasteiger partial charge in [0.2, 0.25) is 5.91 Å². The van der Waals surface area contributed by atoms with Crippen molar-refractivity contribution in [3.8, 4) is 0 Å². The van der Waals surface area contributed by atoms with Crippen molar-refractivity contribution < 1.29 is 19.1 Å². The van der Waals surface area contributed by atoms with Gasteiger partial charge in [-0.3, -0.25) is 19.3 Å². The van der Waals surface area contributed by atoms with Gasteiger partial charge in [0.15, 0.2) is 5.78 Å². The van der Waals surface area contributed by atoms with Crippen LogP contribution in [0.5, 0.6) is 0 Å². The Balaban J connectivity index is 1.35. The highest BCUT2D eigenvalue weighted by atomic mass is 16.5. The van der Waals surface area contributed by atoms with Crippen LogP contribution in [0, 0.1) is 6.92 Å². The molecule has 2 fully saturated rings. The number of carbonyl (C=O) groups is 3. The maximum Gasteiger partial charge on any atom is 0.270 e. The van der Waals surface area contributed by atoms with Gasteiger partial charge in [0.05, 0.1) is 19.8 Å². The lowest BCUT2D eigenvalue weighted by Gasteiger charge is -2.36. The molecular formula is C20H28N4O4. The Kier molecular flexibility index (Phi) is 5.50. The first-order chi connectivity index (χ1) is 13.5. The summed E-state index contributed by atoms with van der Waals surface area (Å²) in [4.78, 5) is 46.7. The van der Waals surface area contributed by atoms with Crippen LogP contribution in [0.2, 0.25) is 0 Å². The first-order valence-corrected chi connectivity index (χ1v) is 10.2. The van der Waals surface area contributed by atoms with Crippen LogP contribution in [-0.2, 0) is 16.0 Å². The van der Waals surface area contributed by atoms with Crippen molar-refractivity contribution in [1.82, 2.24) is 19.7 Å². The van der Waals surface area contributed by atoms with Gasteiger partial charge in [-0.25, -0.2) is 0 Å². The molecule has 0 unspecified atom stereocenters. The van der Waals surface area contributed by atoms with Gasteiger partial charge in [0.1, 0.15) is 5.69 Å². The number of nitrogens with one attached hydrogen (secondary N) is 1. The number of aryl methyl sites for hydroxylation is 1. The summed E-state index contributed by atoms with van der Waals surface area (Å²) in [7, 11) is 0. The number of amides is 2. The Morgan fingerprint density at radius 1 is 1.00 bits per heavy atom. The molecular weight excluding hydrogens is 360 g/mol. The SMILES string of the molecule is Cc1c(C(=O)N2CCN(C(=O)CN3CCOCC3)CC2)[nH]c2c1C(=O)CCC2. The van der Waals surface area contributed by atoms with Gasteiger partial charge in [-0.15, -0.1) is 0 Å². The maximum atomic E-state index is 13.0. The first-order valence-electron chi connectivity index (χ1n) is 10.2. The average Bonchev–Trinajstić information content (AvgIpc) is 3.06. The molecule has 2 aliphatic heterocycles. The Labute approximate surface area is 164 Å². The molecule has 0 atom stereocenters. The monoisotopic (exact) mass is 388 g/mol. The second kappa shape index (κ2) is 8.05. The van der Waals surface area contributed by atoms with Gasteiger partial charge >= 0.3 is 0 Å². The largest absolute Gasteiger partial charge is 0.379 e. The minimum Gasteiger partial charge on any atom is -0.379 e. The molecule has 0 radical (unpaired) electrons. The van der Waals surface area contributed by atoms with E-state index < -0.39 is 0 Å². The predicted octanol–water partition coefficient (Wildman–Crippen LogP) is 0.459. The average molecular weight is 388 g/mol. The van der Waals surface area contributed by atoms with Gasteiger partial charge in [-0.05, 0) is 25.3 Å². The van der Waals surface area contributed by atoms with E-state index in [0.29, 0.717) is 63.6 Å². The highest BCUT2D eigenvalue weighted by Crippen LogP contribution is 2.27. The topological polar surface area (TPSA) is 85.9 Å². The molecule has 8 heteroatoms. The van der Waals surface area contributed by atoms with Crippen molar-refractivity contribution in [1.29, 1.82) is 0 Å². The van der Waals surface area contributed by atoms with E-state index in [1.165, 1.54) is 0 Å². The lowest BCUT2D eigenvalue weighted by atomic mass is 9.93. The fourth-order valence-corrected chi connectivity index (χ4v) is 4.36. The fraction of sp³-hybridized carbons (Fsp3) is 0.650. The number of aromatic nitrogens is 1. The van der Waals surface area contributed by atoms with E-state index in [1.807, 2.05) is 11.8 Å². The second-order valence-electron chi connectivity index (χ2n) is 7.82. The standard InChI is InChI=1S/C20H28N4O4/c1-14-18-15(3-2-4-16(18)25)21-19(14)20(27)24-7-5-23(6-8-24)17(26)13-22-9-11-28-12-10-22/h21H,2-13H2,1H3. The Hall–Kier alpha value is -2.19. The number of ether oxygens (including phenoxy) is 1. The minimum absolute atomic E-state index is 0.0695. The molecule has 0 bridgehead atoms. The van der Waals surface area contributed by atoms with Crippen molar-refractivity contribution in [2.45, 2.75) is 26.2 Å². The quantitative estimate of drug-likeness (QED) is 0.813. The van der Waals surface area contributed by atoms with E-state index in [9.17, 15) is 14.4 Å². The summed E-state index contributed by atoms with van der Waals surface area (Å²) >= 11 is 0. The molecule has 0 spiro atoms. The van der Waals surface area contributed by atoms with Gasteiger partial charge < -0.3 is 19.5 Å². The summed E-state index contributed by atoms with van der Waals surface area (Å²) < 4.78 is 5.32. The highest BCUT2D eigenvalue weighted by molar-refractivity contribution is 6.04. The van der Waals surface area contributed by atoms with Crippen molar-refractivity contribution in [2.24, 2.45) is 0 Å². The Bertz CT molecular complexity index is 773. The lowest BCUT2D eigenvalue weighted by Crippen LogP contribution is -2.53. The summed E-state index contributed by atoms with van der Waals surface area (Å²) in [5.41, 5.74) is 2.93. The van der Waals surface area contributed by atoms with Gasteiger partial charge in [-0.1, -0.05) is 0 Å². The van der Waals surface area contributed by atoms with Crippen LogP contribution in [0.1, 0.15) is 44.9 Å². The van der Waals surface area contributed by atoms with Crippen molar-refractivity contribution >= 4 is 17.6 Å². The number of hydrogen-bond donors (Lipinski definition) is 1. The normalized spacial score (nSPS) is 21.0. The van der Waals surface area contributed by atoms with Crippen LogP contribution in [0.25, 0.3) is 0 Å². The molecule has 4 rings (SSSR count). The third kappa shape index (κ3) is 3.71. The molecule has 2 saturated heterocycles. The first kappa shape index (κ1) is 19.1. The maximum absolute atomic E-state index is 13.0. The van der Waals surface area contributed by atoms with Crippen LogP contribution in [-0.4, -0.2) is 96.3 Å². The zero-order valence-corrected chi connectivity index (χ0v) is 16.5. The molecule has 3 aliphatic rings. The number of morpholine rings is 1. The molecule has 0 saturated carbocycles. The van der Waals surface area contributed by atoms with Crippen molar-refractivity contribution in [3.05, 3.63) is 22.5 Å². The summed E-state index contributed by atoms with van der Waals surface area (Å²) in [5, 5.41) is 0. The summed E-state index contributed by atoms with van der Waals surface area (Å²) in [5.74, 6) is 0.179. The number of fused-ring (bicyclic) bond motifs is 1. The van der Waals surface area contributed by atoms with Crippen LogP contribution < -0.4 is 0 Å². The fourth-order valence-electron chi connectivity index (χ4n) is 4.36. The van der Waals surface area contributed by atoms with Crippen LogP contribution in [0.3, 0.4) is 0 Å². The number of H-pyrrole nitrogens is 1. The van der Waals surface area contributed by atoms with E-state index in [-0.39, 0.29) is 17.6 Å². The zero-order chi connectivity index (χ0) is 19.7. The molecule has 3 heterocycles. The third-order valence-electron chi connectivity index (χ3n) is 6.03. The minimum atomic E-state index is -0.0695. The van der Waals surface area contributed by atoms with Crippen LogP contribution in [0.4, 0.5) is 0 Å². The number of piperazine rings is 1. The number of rotatable bonds is 3. The summed E-state index contributed by atoms with van der Waals surface area (Å²) in [6.07, 6.45) is 2.21. The van der Waals surface area contributed by atoms with Gasteiger partial charge in [-0.2, -0.15) is 0 Å². The number of ketones is 1. The van der Waals surface area contributed by atoms with Gasteiger partial charge in [0.25, 0.3) is 5.91 Å². The molecule has 1 N–H and O–H groups in total. The zero-order valence-electron chi connectivity index (χ0n) is 16.5. The molecule has 1 aliphatic carbocycles. The molecule has 152 valence electrons. The Morgan fingerprint density at radius 2 is 1.68 bits per heavy atom. The number of hydrogen-bond acceptors (Lipinski definition) is 5. The lowest BCUT2D eigenvalue weighted by molar-refractivity contribution is -0.134. The van der Waals surface area contributed by atoms with Crippen LogP contribution in [0.15, 0.2) is 0 Å². The number of nitrogens with zero attached hydrogens (tertiary/aromatic N) is 3. The summed E-state index contributed by atoms with van der Waals surface area (Å²) in [6, 6.07) is 0. The van der Waals surface area contributed by atoms with Crippen molar-refractivity contribution in [3.63, 3.8) is 0 Å². The van der Waals surface area contributed by atoms with E-state index >= 15 is 0 Å². The van der Waals surface area contributed by atoms with E-state index in [2.05, 4.69) is 9.88 Å². The molecule has 0 aromatic carbocycles. The predicted molar refractivity (Wildman–Crippen MR) is 103 cm³/mol. The molecule has 2 amide bonds. The third-order valence-corrected chi connectivity index (χ3v) is 6.03. The number of carbonyl (C=O) groups excluding carboxylic acids is 3. The highest BCUT2D eigenvalue weighted by Gasteiger charge is 2.31.